The van der Waals surface area contributed by atoms with Crippen molar-refractivity contribution in [1.82, 2.24) is 9.62 Å². The van der Waals surface area contributed by atoms with E-state index in [0.29, 0.717) is 13.1 Å². The molecule has 0 bridgehead atoms. The Morgan fingerprint density at radius 1 is 1.38 bits per heavy atom. The number of carbonyl (C=O) groups excluding carboxylic acids is 1. The average Bonchev–Trinajstić information content (AvgIpc) is 2.42. The van der Waals surface area contributed by atoms with Crippen LogP contribution < -0.4 is 10.6 Å². The topological polar surface area (TPSA) is 78.5 Å². The van der Waals surface area contributed by atoms with Crippen molar-refractivity contribution >= 4 is 33.2 Å². The van der Waals surface area contributed by atoms with Gasteiger partial charge >= 0.3 is 0 Å². The van der Waals surface area contributed by atoms with Gasteiger partial charge in [-0.05, 0) is 6.07 Å². The Morgan fingerprint density at radius 3 is 2.57 bits per heavy atom. The summed E-state index contributed by atoms with van der Waals surface area (Å²) in [6.45, 7) is 2.82. The van der Waals surface area contributed by atoms with Crippen LogP contribution >= 0.6 is 11.6 Å². The summed E-state index contributed by atoms with van der Waals surface area (Å²) in [4.78, 5) is 10.5. The van der Waals surface area contributed by atoms with Gasteiger partial charge in [-0.15, -0.1) is 0 Å². The Bertz CT molecular complexity index is 660. The summed E-state index contributed by atoms with van der Waals surface area (Å²) in [5.74, 6) is -1.37. The highest BCUT2D eigenvalue weighted by molar-refractivity contribution is 7.89. The fourth-order valence-corrected chi connectivity index (χ4v) is 3.82. The third-order valence-electron chi connectivity index (χ3n) is 3.03. The quantitative estimate of drug-likeness (QED) is 0.865. The molecular weight excluding hydrogens is 321 g/mol. The summed E-state index contributed by atoms with van der Waals surface area (Å²) in [5, 5.41) is 5.34. The van der Waals surface area contributed by atoms with E-state index in [-0.39, 0.29) is 23.8 Å². The number of hydrogen-bond donors (Lipinski definition) is 2. The summed E-state index contributed by atoms with van der Waals surface area (Å²) in [5.41, 5.74) is 0.0425. The maximum Gasteiger partial charge on any atom is 0.246 e. The molecule has 0 aliphatic carbocycles. The second kappa shape index (κ2) is 6.27. The van der Waals surface area contributed by atoms with E-state index >= 15 is 0 Å². The zero-order valence-corrected chi connectivity index (χ0v) is 12.9. The summed E-state index contributed by atoms with van der Waals surface area (Å²) in [6, 6.07) is 1.94. The van der Waals surface area contributed by atoms with Gasteiger partial charge in [0, 0.05) is 39.2 Å². The molecule has 1 aliphatic heterocycles. The molecule has 1 heterocycles. The molecule has 0 unspecified atom stereocenters. The van der Waals surface area contributed by atoms with Crippen LogP contribution in [0.3, 0.4) is 0 Å². The first-order valence-electron chi connectivity index (χ1n) is 6.30. The molecule has 1 saturated heterocycles. The van der Waals surface area contributed by atoms with E-state index in [1.54, 1.807) is 0 Å². The number of piperazine rings is 1. The molecular formula is C12H15ClFN3O3S. The molecule has 1 fully saturated rings. The maximum absolute atomic E-state index is 14.1. The molecule has 9 heteroatoms. The van der Waals surface area contributed by atoms with Crippen LogP contribution in [0.25, 0.3) is 0 Å². The second-order valence-corrected chi connectivity index (χ2v) is 6.91. The number of rotatable bonds is 3. The van der Waals surface area contributed by atoms with Gasteiger partial charge in [-0.1, -0.05) is 11.6 Å². The van der Waals surface area contributed by atoms with Crippen molar-refractivity contribution in [3.05, 3.63) is 23.0 Å². The van der Waals surface area contributed by atoms with Gasteiger partial charge < -0.3 is 10.6 Å². The predicted molar refractivity (Wildman–Crippen MR) is 77.3 cm³/mol. The van der Waals surface area contributed by atoms with Crippen molar-refractivity contribution in [3.8, 4) is 0 Å². The summed E-state index contributed by atoms with van der Waals surface area (Å²) < 4.78 is 40.1. The Hall–Kier alpha value is -1.22. The van der Waals surface area contributed by atoms with Crippen molar-refractivity contribution in [3.63, 3.8) is 0 Å². The average molecular weight is 336 g/mol. The molecule has 1 aromatic carbocycles. The Kier molecular flexibility index (Phi) is 4.82. The van der Waals surface area contributed by atoms with E-state index in [2.05, 4.69) is 10.6 Å². The Balaban J connectivity index is 2.39. The summed E-state index contributed by atoms with van der Waals surface area (Å²) >= 11 is 5.91. The van der Waals surface area contributed by atoms with Crippen molar-refractivity contribution < 1.29 is 17.6 Å². The van der Waals surface area contributed by atoms with Crippen LogP contribution in [0.2, 0.25) is 5.02 Å². The van der Waals surface area contributed by atoms with Gasteiger partial charge in [-0.3, -0.25) is 4.79 Å². The first-order valence-corrected chi connectivity index (χ1v) is 8.11. The number of hydrogen-bond acceptors (Lipinski definition) is 4. The molecule has 6 nitrogen and oxygen atoms in total. The number of sulfonamides is 1. The van der Waals surface area contributed by atoms with Gasteiger partial charge in [0.2, 0.25) is 15.9 Å². The first-order chi connectivity index (χ1) is 9.82. The number of halogens is 2. The summed E-state index contributed by atoms with van der Waals surface area (Å²) in [7, 11) is -3.94. The normalized spacial score (nSPS) is 16.7. The van der Waals surface area contributed by atoms with Crippen LogP contribution in [0.15, 0.2) is 17.0 Å². The van der Waals surface area contributed by atoms with Crippen LogP contribution in [0.1, 0.15) is 6.92 Å². The van der Waals surface area contributed by atoms with E-state index < -0.39 is 26.6 Å². The third-order valence-corrected chi connectivity index (χ3v) is 5.25. The smallest absolute Gasteiger partial charge is 0.246 e. The van der Waals surface area contributed by atoms with Crippen molar-refractivity contribution in [2.75, 3.05) is 31.5 Å². The lowest BCUT2D eigenvalue weighted by atomic mass is 10.3. The van der Waals surface area contributed by atoms with Crippen LogP contribution in [0, 0.1) is 5.82 Å². The lowest BCUT2D eigenvalue weighted by molar-refractivity contribution is -0.114. The van der Waals surface area contributed by atoms with Crippen molar-refractivity contribution in [2.24, 2.45) is 0 Å². The number of nitrogens with one attached hydrogen (secondary N) is 2. The highest BCUT2D eigenvalue weighted by Crippen LogP contribution is 2.29. The van der Waals surface area contributed by atoms with Gasteiger partial charge in [-0.25, -0.2) is 12.8 Å². The molecule has 0 atom stereocenters. The van der Waals surface area contributed by atoms with Crippen LogP contribution in [-0.4, -0.2) is 44.8 Å². The molecule has 2 N–H and O–H groups in total. The number of anilines is 1. The second-order valence-electron chi connectivity index (χ2n) is 4.60. The van der Waals surface area contributed by atoms with Crippen LogP contribution in [-0.2, 0) is 14.8 Å². The largest absolute Gasteiger partial charge is 0.325 e. The van der Waals surface area contributed by atoms with Gasteiger partial charge in [-0.2, -0.15) is 4.31 Å². The third kappa shape index (κ3) is 3.52. The highest BCUT2D eigenvalue weighted by atomic mass is 35.5. The standard InChI is InChI=1S/C12H15ClFN3O3S/c1-8(18)16-11-7-10(14)12(6-9(11)13)21(19,20)17-4-2-15-3-5-17/h6-7,15H,2-5H2,1H3,(H,16,18). The molecule has 21 heavy (non-hydrogen) atoms. The lowest BCUT2D eigenvalue weighted by Crippen LogP contribution is -2.46. The molecule has 0 spiro atoms. The SMILES string of the molecule is CC(=O)Nc1cc(F)c(S(=O)(=O)N2CCNCC2)cc1Cl. The maximum atomic E-state index is 14.1. The van der Waals surface area contributed by atoms with E-state index in [1.807, 2.05) is 0 Å². The zero-order chi connectivity index (χ0) is 15.6. The number of carbonyl (C=O) groups is 1. The molecule has 1 amide bonds. The molecule has 116 valence electrons. The van der Waals surface area contributed by atoms with Crippen LogP contribution in [0.4, 0.5) is 10.1 Å². The highest BCUT2D eigenvalue weighted by Gasteiger charge is 2.29. The first kappa shape index (κ1) is 16.2. The van der Waals surface area contributed by atoms with Crippen molar-refractivity contribution in [1.29, 1.82) is 0 Å². The van der Waals surface area contributed by atoms with E-state index in [0.717, 1.165) is 12.1 Å². The number of amides is 1. The van der Waals surface area contributed by atoms with Gasteiger partial charge in [0.25, 0.3) is 0 Å². The Labute approximate surface area is 127 Å². The molecule has 2 rings (SSSR count). The van der Waals surface area contributed by atoms with E-state index in [4.69, 9.17) is 11.6 Å². The van der Waals surface area contributed by atoms with Gasteiger partial charge in [0.1, 0.15) is 10.7 Å². The van der Waals surface area contributed by atoms with E-state index in [9.17, 15) is 17.6 Å². The minimum absolute atomic E-state index is 0.0275. The molecule has 0 aromatic heterocycles. The fourth-order valence-electron chi connectivity index (χ4n) is 2.04. The number of benzene rings is 1. The lowest BCUT2D eigenvalue weighted by Gasteiger charge is -2.26. The predicted octanol–water partition coefficient (Wildman–Crippen LogP) is 1.03. The molecule has 1 aliphatic rings. The molecule has 0 radical (unpaired) electrons. The zero-order valence-electron chi connectivity index (χ0n) is 11.3. The molecule has 0 saturated carbocycles. The minimum Gasteiger partial charge on any atom is -0.325 e. The molecule has 1 aromatic rings. The summed E-state index contributed by atoms with van der Waals surface area (Å²) in [6.07, 6.45) is 0. The minimum atomic E-state index is -3.94. The van der Waals surface area contributed by atoms with Crippen molar-refractivity contribution in [2.45, 2.75) is 11.8 Å². The fraction of sp³-hybridized carbons (Fsp3) is 0.417. The monoisotopic (exact) mass is 335 g/mol. The Morgan fingerprint density at radius 2 is 2.00 bits per heavy atom. The number of nitrogens with zero attached hydrogens (tertiary/aromatic N) is 1. The van der Waals surface area contributed by atoms with Crippen LogP contribution in [0.5, 0.6) is 0 Å². The van der Waals surface area contributed by atoms with Gasteiger partial charge in [0.15, 0.2) is 0 Å². The van der Waals surface area contributed by atoms with Gasteiger partial charge in [0.05, 0.1) is 10.7 Å². The van der Waals surface area contributed by atoms with E-state index in [1.165, 1.54) is 11.2 Å².